The molecule has 3 heterocycles. The second kappa shape index (κ2) is 9.61. The number of aryl methyl sites for hydroxylation is 1. The Kier molecular flexibility index (Phi) is 6.18. The Bertz CT molecular complexity index is 1580. The van der Waals surface area contributed by atoms with E-state index in [4.69, 9.17) is 0 Å². The Labute approximate surface area is 209 Å². The van der Waals surface area contributed by atoms with Gasteiger partial charge < -0.3 is 20.9 Å². The largest absolute Gasteiger partial charge is 0.416 e. The summed E-state index contributed by atoms with van der Waals surface area (Å²) < 4.78 is 38.9. The Morgan fingerprint density at radius 3 is 2.51 bits per heavy atom. The molecule has 0 aliphatic carbocycles. The minimum absolute atomic E-state index is 0.0221. The van der Waals surface area contributed by atoms with E-state index in [1.165, 1.54) is 12.1 Å². The van der Waals surface area contributed by atoms with Crippen molar-refractivity contribution < 1.29 is 18.0 Å². The molecular weight excluding hydrogens is 483 g/mol. The topological polar surface area (TPSA) is 108 Å². The summed E-state index contributed by atoms with van der Waals surface area (Å²) in [6, 6.07) is 14.5. The molecular formula is C26H20F3N7O. The molecule has 0 bridgehead atoms. The number of H-pyrrole nitrogens is 1. The Hall–Kier alpha value is -4.93. The predicted octanol–water partition coefficient (Wildman–Crippen LogP) is 6.73. The Balaban J connectivity index is 1.36. The van der Waals surface area contributed by atoms with E-state index in [-0.39, 0.29) is 5.69 Å². The van der Waals surface area contributed by atoms with Gasteiger partial charge in [-0.15, -0.1) is 0 Å². The molecule has 8 nitrogen and oxygen atoms in total. The van der Waals surface area contributed by atoms with E-state index in [2.05, 4.69) is 35.9 Å². The summed E-state index contributed by atoms with van der Waals surface area (Å²) in [4.78, 5) is 29.0. The van der Waals surface area contributed by atoms with Crippen molar-refractivity contribution in [2.24, 2.45) is 0 Å². The normalized spacial score (nSPS) is 11.4. The third kappa shape index (κ3) is 5.35. The third-order valence-electron chi connectivity index (χ3n) is 5.53. The number of aromatic nitrogens is 4. The number of carbonyl (C=O) groups excluding carboxylic acids is 1. The minimum Gasteiger partial charge on any atom is -0.358 e. The lowest BCUT2D eigenvalue weighted by Crippen LogP contribution is -2.20. The number of carbonyl (C=O) groups is 1. The summed E-state index contributed by atoms with van der Waals surface area (Å²) in [5, 5.41) is 8.26. The van der Waals surface area contributed by atoms with E-state index >= 15 is 0 Å². The second-order valence-corrected chi connectivity index (χ2v) is 8.19. The van der Waals surface area contributed by atoms with Crippen LogP contribution in [0.25, 0.3) is 22.3 Å². The SMILES string of the molecule is Cc1ccc(NC(=O)Nc2cccc(C(F)(F)F)c2)cc1Nc1nc(-c2cccnc2)c2[nH]ccc2n1. The summed E-state index contributed by atoms with van der Waals surface area (Å²) in [7, 11) is 0. The maximum atomic E-state index is 13.0. The van der Waals surface area contributed by atoms with Crippen LogP contribution in [-0.4, -0.2) is 26.0 Å². The Morgan fingerprint density at radius 2 is 1.76 bits per heavy atom. The van der Waals surface area contributed by atoms with Crippen LogP contribution in [-0.2, 0) is 6.18 Å². The number of rotatable bonds is 5. The van der Waals surface area contributed by atoms with Crippen LogP contribution < -0.4 is 16.0 Å². The molecule has 3 aromatic heterocycles. The first-order valence-electron chi connectivity index (χ1n) is 11.1. The molecule has 5 aromatic rings. The zero-order valence-electron chi connectivity index (χ0n) is 19.4. The summed E-state index contributed by atoms with van der Waals surface area (Å²) in [6.45, 7) is 1.88. The molecule has 11 heteroatoms. The van der Waals surface area contributed by atoms with Crippen LogP contribution in [0.3, 0.4) is 0 Å². The highest BCUT2D eigenvalue weighted by molar-refractivity contribution is 6.00. The first-order valence-corrected chi connectivity index (χ1v) is 11.1. The molecule has 0 unspecified atom stereocenters. The number of hydrogen-bond donors (Lipinski definition) is 4. The average Bonchev–Trinajstić information content (AvgIpc) is 3.34. The number of benzene rings is 2. The highest BCUT2D eigenvalue weighted by atomic mass is 19.4. The van der Waals surface area contributed by atoms with Crippen LogP contribution in [0, 0.1) is 6.92 Å². The van der Waals surface area contributed by atoms with Crippen molar-refractivity contribution in [2.45, 2.75) is 13.1 Å². The molecule has 2 aromatic carbocycles. The molecule has 37 heavy (non-hydrogen) atoms. The maximum Gasteiger partial charge on any atom is 0.416 e. The van der Waals surface area contributed by atoms with Gasteiger partial charge in [0, 0.05) is 41.2 Å². The minimum atomic E-state index is -4.51. The molecule has 0 fully saturated rings. The van der Waals surface area contributed by atoms with Gasteiger partial charge in [0.05, 0.1) is 16.6 Å². The fraction of sp³-hybridized carbons (Fsp3) is 0.0769. The molecule has 4 N–H and O–H groups in total. The molecule has 0 saturated carbocycles. The number of pyridine rings is 1. The average molecular weight is 503 g/mol. The lowest BCUT2D eigenvalue weighted by molar-refractivity contribution is -0.137. The highest BCUT2D eigenvalue weighted by Gasteiger charge is 2.30. The van der Waals surface area contributed by atoms with Gasteiger partial charge in [0.1, 0.15) is 5.69 Å². The fourth-order valence-corrected chi connectivity index (χ4v) is 3.73. The van der Waals surface area contributed by atoms with Gasteiger partial charge in [0.2, 0.25) is 5.95 Å². The number of halogens is 3. The van der Waals surface area contributed by atoms with Crippen molar-refractivity contribution in [3.05, 3.63) is 90.4 Å². The molecule has 0 saturated heterocycles. The number of anilines is 4. The Morgan fingerprint density at radius 1 is 0.946 bits per heavy atom. The van der Waals surface area contributed by atoms with Gasteiger partial charge in [-0.3, -0.25) is 4.98 Å². The van der Waals surface area contributed by atoms with Crippen molar-refractivity contribution in [1.82, 2.24) is 19.9 Å². The van der Waals surface area contributed by atoms with Gasteiger partial charge in [-0.2, -0.15) is 13.2 Å². The lowest BCUT2D eigenvalue weighted by atomic mass is 10.1. The number of nitrogens with zero attached hydrogens (tertiary/aromatic N) is 3. The van der Waals surface area contributed by atoms with Crippen molar-refractivity contribution in [3.63, 3.8) is 0 Å². The zero-order chi connectivity index (χ0) is 26.0. The highest BCUT2D eigenvalue weighted by Crippen LogP contribution is 2.31. The van der Waals surface area contributed by atoms with Crippen LogP contribution in [0.4, 0.5) is 41.0 Å². The fourth-order valence-electron chi connectivity index (χ4n) is 3.73. The maximum absolute atomic E-state index is 13.0. The van der Waals surface area contributed by atoms with Crippen LogP contribution >= 0.6 is 0 Å². The van der Waals surface area contributed by atoms with Gasteiger partial charge in [-0.25, -0.2) is 14.8 Å². The van der Waals surface area contributed by atoms with E-state index in [0.717, 1.165) is 28.8 Å². The summed E-state index contributed by atoms with van der Waals surface area (Å²) in [6.07, 6.45) is 0.669. The third-order valence-corrected chi connectivity index (χ3v) is 5.53. The standard InChI is InChI=1S/C26H20F3N7O/c1-15-7-8-19(33-25(37)32-18-6-2-5-17(12-18)26(27,28)29)13-21(15)35-24-34-20-9-11-31-23(20)22(36-24)16-4-3-10-30-14-16/h2-14,31H,1H3,(H2,32,33,37)(H,34,35,36). The molecule has 2 amide bonds. The molecule has 0 aliphatic rings. The molecule has 0 atom stereocenters. The molecule has 186 valence electrons. The number of nitrogens with one attached hydrogen (secondary N) is 4. The monoisotopic (exact) mass is 503 g/mol. The van der Waals surface area contributed by atoms with E-state index in [9.17, 15) is 18.0 Å². The number of urea groups is 1. The zero-order valence-corrected chi connectivity index (χ0v) is 19.4. The number of aromatic amines is 1. The predicted molar refractivity (Wildman–Crippen MR) is 136 cm³/mol. The van der Waals surface area contributed by atoms with Gasteiger partial charge >= 0.3 is 12.2 Å². The quantitative estimate of drug-likeness (QED) is 0.213. The van der Waals surface area contributed by atoms with Crippen LogP contribution in [0.2, 0.25) is 0 Å². The summed E-state index contributed by atoms with van der Waals surface area (Å²) in [5.41, 5.74) is 4.09. The van der Waals surface area contributed by atoms with E-state index in [0.29, 0.717) is 28.5 Å². The number of fused-ring (bicyclic) bond motifs is 1. The van der Waals surface area contributed by atoms with Crippen molar-refractivity contribution in [1.29, 1.82) is 0 Å². The number of alkyl halides is 3. The van der Waals surface area contributed by atoms with Gasteiger partial charge in [-0.05, 0) is 61.0 Å². The van der Waals surface area contributed by atoms with E-state index < -0.39 is 17.8 Å². The lowest BCUT2D eigenvalue weighted by Gasteiger charge is -2.14. The van der Waals surface area contributed by atoms with Crippen LogP contribution in [0.15, 0.2) is 79.3 Å². The number of amides is 2. The van der Waals surface area contributed by atoms with Crippen LogP contribution in [0.5, 0.6) is 0 Å². The van der Waals surface area contributed by atoms with Crippen molar-refractivity contribution in [3.8, 4) is 11.3 Å². The number of hydrogen-bond acceptors (Lipinski definition) is 5. The first kappa shape index (κ1) is 23.8. The smallest absolute Gasteiger partial charge is 0.358 e. The summed E-state index contributed by atoms with van der Waals surface area (Å²) >= 11 is 0. The van der Waals surface area contributed by atoms with E-state index in [1.54, 1.807) is 36.8 Å². The van der Waals surface area contributed by atoms with Gasteiger partial charge in [0.15, 0.2) is 0 Å². The first-order chi connectivity index (χ1) is 17.8. The van der Waals surface area contributed by atoms with Crippen LogP contribution in [0.1, 0.15) is 11.1 Å². The molecule has 0 spiro atoms. The molecule has 0 aliphatic heterocycles. The van der Waals surface area contributed by atoms with Crippen molar-refractivity contribution in [2.75, 3.05) is 16.0 Å². The summed E-state index contributed by atoms with van der Waals surface area (Å²) in [5.74, 6) is 0.347. The molecule has 5 rings (SSSR count). The second-order valence-electron chi connectivity index (χ2n) is 8.19. The van der Waals surface area contributed by atoms with E-state index in [1.807, 2.05) is 25.1 Å². The van der Waals surface area contributed by atoms with Crippen molar-refractivity contribution >= 4 is 40.1 Å². The van der Waals surface area contributed by atoms with Gasteiger partial charge in [0.25, 0.3) is 0 Å². The molecule has 0 radical (unpaired) electrons. The van der Waals surface area contributed by atoms with Gasteiger partial charge in [-0.1, -0.05) is 12.1 Å².